The van der Waals surface area contributed by atoms with Gasteiger partial charge in [0.05, 0.1) is 12.6 Å². The average molecular weight is 359 g/mol. The summed E-state index contributed by atoms with van der Waals surface area (Å²) >= 11 is 0. The van der Waals surface area contributed by atoms with Crippen molar-refractivity contribution in [2.24, 2.45) is 0 Å². The fraction of sp³-hybridized carbons (Fsp3) is 0.286. The monoisotopic (exact) mass is 359 g/mol. The molecule has 0 amide bonds. The first-order valence-electron chi connectivity index (χ1n) is 9.38. The van der Waals surface area contributed by atoms with E-state index in [1.807, 2.05) is 42.5 Å². The van der Waals surface area contributed by atoms with Gasteiger partial charge in [-0.2, -0.15) is 0 Å². The average Bonchev–Trinajstić information content (AvgIpc) is 3.19. The highest BCUT2D eigenvalue weighted by Crippen LogP contribution is 2.30. The van der Waals surface area contributed by atoms with Gasteiger partial charge < -0.3 is 9.64 Å². The maximum atomic E-state index is 5.40. The van der Waals surface area contributed by atoms with Gasteiger partial charge in [0.1, 0.15) is 5.75 Å². The number of rotatable bonds is 3. The lowest BCUT2D eigenvalue weighted by molar-refractivity contribution is 0.415. The van der Waals surface area contributed by atoms with Crippen LogP contribution in [0.15, 0.2) is 48.5 Å². The SMILES string of the molecule is COc1cccc(-c2nnc3c4ccccc4nc(N4CCCCC4)n23)c1. The molecule has 1 aliphatic rings. The van der Waals surface area contributed by atoms with Gasteiger partial charge in [-0.3, -0.25) is 0 Å². The van der Waals surface area contributed by atoms with Gasteiger partial charge in [-0.1, -0.05) is 24.3 Å². The summed E-state index contributed by atoms with van der Waals surface area (Å²) in [7, 11) is 1.68. The van der Waals surface area contributed by atoms with Crippen LogP contribution in [0.5, 0.6) is 5.75 Å². The highest BCUT2D eigenvalue weighted by Gasteiger charge is 2.21. The quantitative estimate of drug-likeness (QED) is 0.554. The van der Waals surface area contributed by atoms with Crippen molar-refractivity contribution in [3.05, 3.63) is 48.5 Å². The molecule has 5 rings (SSSR count). The van der Waals surface area contributed by atoms with E-state index in [4.69, 9.17) is 9.72 Å². The molecule has 0 saturated carbocycles. The minimum atomic E-state index is 0.794. The Balaban J connectivity index is 1.80. The van der Waals surface area contributed by atoms with Crippen LogP contribution in [0, 0.1) is 0 Å². The van der Waals surface area contributed by atoms with Crippen LogP contribution in [0.1, 0.15) is 19.3 Å². The summed E-state index contributed by atoms with van der Waals surface area (Å²) in [6.07, 6.45) is 3.65. The number of hydrogen-bond donors (Lipinski definition) is 0. The molecular formula is C21H21N5O. The molecule has 0 N–H and O–H groups in total. The van der Waals surface area contributed by atoms with E-state index >= 15 is 0 Å². The lowest BCUT2D eigenvalue weighted by Gasteiger charge is -2.28. The summed E-state index contributed by atoms with van der Waals surface area (Å²) < 4.78 is 7.50. The largest absolute Gasteiger partial charge is 0.497 e. The van der Waals surface area contributed by atoms with Gasteiger partial charge in [0, 0.05) is 24.0 Å². The standard InChI is InChI=1S/C21H21N5O/c1-27-16-9-7-8-15(14-16)19-23-24-20-17-10-3-4-11-18(17)22-21(26(19)20)25-12-5-2-6-13-25/h3-4,7-11,14H,2,5-6,12-13H2,1H3. The van der Waals surface area contributed by atoms with E-state index in [9.17, 15) is 0 Å². The molecule has 6 nitrogen and oxygen atoms in total. The number of para-hydroxylation sites is 1. The minimum Gasteiger partial charge on any atom is -0.497 e. The van der Waals surface area contributed by atoms with Crippen LogP contribution in [-0.2, 0) is 0 Å². The Labute approximate surface area is 157 Å². The van der Waals surface area contributed by atoms with Gasteiger partial charge in [-0.25, -0.2) is 9.38 Å². The molecule has 2 aromatic heterocycles. The normalized spacial score (nSPS) is 14.8. The molecule has 1 aliphatic heterocycles. The van der Waals surface area contributed by atoms with Gasteiger partial charge in [-0.15, -0.1) is 10.2 Å². The number of anilines is 1. The highest BCUT2D eigenvalue weighted by molar-refractivity contribution is 5.93. The molecule has 0 bridgehead atoms. The first kappa shape index (κ1) is 16.1. The van der Waals surface area contributed by atoms with Crippen LogP contribution >= 0.6 is 0 Å². The van der Waals surface area contributed by atoms with E-state index in [2.05, 4.69) is 25.6 Å². The zero-order valence-corrected chi connectivity index (χ0v) is 15.3. The van der Waals surface area contributed by atoms with Crippen molar-refractivity contribution in [1.29, 1.82) is 0 Å². The molecule has 1 saturated heterocycles. The minimum absolute atomic E-state index is 0.794. The van der Waals surface area contributed by atoms with Gasteiger partial charge in [0.15, 0.2) is 11.5 Å². The van der Waals surface area contributed by atoms with Gasteiger partial charge in [-0.05, 0) is 43.5 Å². The van der Waals surface area contributed by atoms with Crippen molar-refractivity contribution in [2.45, 2.75) is 19.3 Å². The summed E-state index contributed by atoms with van der Waals surface area (Å²) in [5.74, 6) is 2.52. The Morgan fingerprint density at radius 1 is 0.926 bits per heavy atom. The molecule has 136 valence electrons. The van der Waals surface area contributed by atoms with Crippen LogP contribution < -0.4 is 9.64 Å². The molecule has 27 heavy (non-hydrogen) atoms. The second-order valence-corrected chi connectivity index (χ2v) is 6.89. The maximum Gasteiger partial charge on any atom is 0.213 e. The van der Waals surface area contributed by atoms with Crippen LogP contribution in [0.4, 0.5) is 5.95 Å². The van der Waals surface area contributed by atoms with Crippen LogP contribution in [0.3, 0.4) is 0 Å². The van der Waals surface area contributed by atoms with Crippen molar-refractivity contribution >= 4 is 22.5 Å². The van der Waals surface area contributed by atoms with E-state index in [0.717, 1.165) is 52.7 Å². The van der Waals surface area contributed by atoms with Crippen molar-refractivity contribution in [1.82, 2.24) is 19.6 Å². The van der Waals surface area contributed by atoms with Crippen molar-refractivity contribution in [3.8, 4) is 17.1 Å². The molecular weight excluding hydrogens is 338 g/mol. The van der Waals surface area contributed by atoms with Gasteiger partial charge in [0.2, 0.25) is 5.95 Å². The van der Waals surface area contributed by atoms with Crippen molar-refractivity contribution in [3.63, 3.8) is 0 Å². The zero-order valence-electron chi connectivity index (χ0n) is 15.3. The number of benzene rings is 2. The van der Waals surface area contributed by atoms with Crippen LogP contribution in [0.25, 0.3) is 27.9 Å². The van der Waals surface area contributed by atoms with E-state index in [-0.39, 0.29) is 0 Å². The number of hydrogen-bond acceptors (Lipinski definition) is 5. The zero-order chi connectivity index (χ0) is 18.2. The molecule has 0 unspecified atom stereocenters. The van der Waals surface area contributed by atoms with E-state index in [1.54, 1.807) is 7.11 Å². The summed E-state index contributed by atoms with van der Waals surface area (Å²) in [5.41, 5.74) is 2.77. The number of piperidine rings is 1. The topological polar surface area (TPSA) is 55.6 Å². The van der Waals surface area contributed by atoms with Crippen molar-refractivity contribution in [2.75, 3.05) is 25.1 Å². The summed E-state index contributed by atoms with van der Waals surface area (Å²) in [6.45, 7) is 2.02. The maximum absolute atomic E-state index is 5.40. The molecule has 0 atom stereocenters. The lowest BCUT2D eigenvalue weighted by atomic mass is 10.1. The van der Waals surface area contributed by atoms with E-state index < -0.39 is 0 Å². The number of ether oxygens (including phenoxy) is 1. The van der Waals surface area contributed by atoms with Crippen LogP contribution in [-0.4, -0.2) is 39.8 Å². The fourth-order valence-electron chi connectivity index (χ4n) is 3.82. The Kier molecular flexibility index (Phi) is 3.89. The molecule has 6 heteroatoms. The summed E-state index contributed by atoms with van der Waals surface area (Å²) in [5, 5.41) is 10.1. The fourth-order valence-corrected chi connectivity index (χ4v) is 3.82. The number of fused-ring (bicyclic) bond motifs is 3. The predicted octanol–water partition coefficient (Wildman–Crippen LogP) is 3.94. The lowest BCUT2D eigenvalue weighted by Crippen LogP contribution is -2.32. The third kappa shape index (κ3) is 2.68. The second-order valence-electron chi connectivity index (χ2n) is 6.89. The Morgan fingerprint density at radius 2 is 1.78 bits per heavy atom. The Bertz CT molecular complexity index is 1110. The summed E-state index contributed by atoms with van der Waals surface area (Å²) in [6, 6.07) is 16.1. The number of methoxy groups -OCH3 is 1. The highest BCUT2D eigenvalue weighted by atomic mass is 16.5. The van der Waals surface area contributed by atoms with Crippen LogP contribution in [0.2, 0.25) is 0 Å². The van der Waals surface area contributed by atoms with Gasteiger partial charge in [0.25, 0.3) is 0 Å². The molecule has 0 aliphatic carbocycles. The molecule has 0 radical (unpaired) electrons. The van der Waals surface area contributed by atoms with E-state index in [0.29, 0.717) is 0 Å². The molecule has 4 aromatic rings. The second kappa shape index (κ2) is 6.54. The van der Waals surface area contributed by atoms with Crippen molar-refractivity contribution < 1.29 is 4.74 Å². The number of aromatic nitrogens is 4. The third-order valence-corrected chi connectivity index (χ3v) is 5.20. The molecule has 0 spiro atoms. The Morgan fingerprint density at radius 3 is 2.63 bits per heavy atom. The van der Waals surface area contributed by atoms with E-state index in [1.165, 1.54) is 19.3 Å². The first-order valence-corrected chi connectivity index (χ1v) is 9.38. The molecule has 1 fully saturated rings. The Hall–Kier alpha value is -3.15. The molecule has 2 aromatic carbocycles. The predicted molar refractivity (Wildman–Crippen MR) is 106 cm³/mol. The molecule has 3 heterocycles. The smallest absolute Gasteiger partial charge is 0.213 e. The number of nitrogens with zero attached hydrogens (tertiary/aromatic N) is 5. The van der Waals surface area contributed by atoms with Gasteiger partial charge >= 0.3 is 0 Å². The third-order valence-electron chi connectivity index (χ3n) is 5.20. The summed E-state index contributed by atoms with van der Waals surface area (Å²) in [4.78, 5) is 7.36. The first-order chi connectivity index (χ1) is 13.3.